The van der Waals surface area contributed by atoms with Gasteiger partial charge >= 0.3 is 0 Å². The van der Waals surface area contributed by atoms with Crippen LogP contribution in [0.25, 0.3) is 117 Å². The van der Waals surface area contributed by atoms with Gasteiger partial charge in [0.1, 0.15) is 11.2 Å². The van der Waals surface area contributed by atoms with Crippen LogP contribution in [0.3, 0.4) is 0 Å². The molecule has 3 aromatic heterocycles. The normalized spacial score (nSPS) is 11.5. The first-order valence-electron chi connectivity index (χ1n) is 20.8. The monoisotopic (exact) mass is 792 g/mol. The Kier molecular flexibility index (Phi) is 8.42. The first kappa shape index (κ1) is 35.5. The zero-order valence-electron chi connectivity index (χ0n) is 33.5. The van der Waals surface area contributed by atoms with Gasteiger partial charge in [0, 0.05) is 43.8 Å². The summed E-state index contributed by atoms with van der Waals surface area (Å²) in [5.41, 5.74) is 14.3. The van der Waals surface area contributed by atoms with E-state index in [2.05, 4.69) is 180 Å². The zero-order valence-corrected chi connectivity index (χ0v) is 33.5. The number of rotatable bonds is 7. The van der Waals surface area contributed by atoms with Crippen molar-refractivity contribution in [2.24, 2.45) is 0 Å². The zero-order chi connectivity index (χ0) is 41.0. The minimum atomic E-state index is 0.595. The van der Waals surface area contributed by atoms with Crippen molar-refractivity contribution in [1.29, 1.82) is 0 Å². The lowest BCUT2D eigenvalue weighted by atomic mass is 9.95. The van der Waals surface area contributed by atoms with Gasteiger partial charge in [-0.3, -0.25) is 0 Å². The average molecular weight is 793 g/mol. The molecule has 5 heteroatoms. The highest BCUT2D eigenvalue weighted by Gasteiger charge is 2.21. The Morgan fingerprint density at radius 3 is 1.47 bits per heavy atom. The third-order valence-corrected chi connectivity index (χ3v) is 11.8. The number of hydrogen-bond donors (Lipinski definition) is 0. The Hall–Kier alpha value is -8.41. The summed E-state index contributed by atoms with van der Waals surface area (Å²) in [6, 6.07) is 76.4. The highest BCUT2D eigenvalue weighted by molar-refractivity contribution is 6.17. The van der Waals surface area contributed by atoms with E-state index < -0.39 is 0 Å². The molecule has 0 bridgehead atoms. The number of fused-ring (bicyclic) bond motifs is 6. The summed E-state index contributed by atoms with van der Waals surface area (Å²) in [5, 5.41) is 4.49. The van der Waals surface area contributed by atoms with Crippen molar-refractivity contribution in [1.82, 2.24) is 19.5 Å². The largest absolute Gasteiger partial charge is 0.456 e. The van der Waals surface area contributed by atoms with Crippen molar-refractivity contribution in [2.45, 2.75) is 0 Å². The number of aromatic nitrogens is 4. The maximum absolute atomic E-state index is 6.40. The van der Waals surface area contributed by atoms with Gasteiger partial charge in [0.05, 0.1) is 16.7 Å². The molecule has 0 amide bonds. The Morgan fingerprint density at radius 2 is 0.806 bits per heavy atom. The molecular weight excluding hydrogens is 757 g/mol. The van der Waals surface area contributed by atoms with E-state index >= 15 is 0 Å². The van der Waals surface area contributed by atoms with Gasteiger partial charge in [0.15, 0.2) is 17.5 Å². The van der Waals surface area contributed by atoms with Crippen molar-refractivity contribution in [3.63, 3.8) is 0 Å². The third-order valence-electron chi connectivity index (χ3n) is 11.8. The molecule has 0 aliphatic carbocycles. The lowest BCUT2D eigenvalue weighted by molar-refractivity contribution is 0.669. The summed E-state index contributed by atoms with van der Waals surface area (Å²) in [7, 11) is 0. The second kappa shape index (κ2) is 14.7. The molecule has 0 saturated heterocycles. The van der Waals surface area contributed by atoms with E-state index in [0.29, 0.717) is 17.5 Å². The summed E-state index contributed by atoms with van der Waals surface area (Å²) in [4.78, 5) is 15.7. The molecule has 0 fully saturated rings. The molecule has 12 aromatic rings. The van der Waals surface area contributed by atoms with Gasteiger partial charge in [0.2, 0.25) is 0 Å². The predicted octanol–water partition coefficient (Wildman–Crippen LogP) is 14.9. The number of para-hydroxylation sites is 2. The van der Waals surface area contributed by atoms with Crippen molar-refractivity contribution in [3.8, 4) is 73.2 Å². The number of nitrogens with zero attached hydrogens (tertiary/aromatic N) is 4. The lowest BCUT2D eigenvalue weighted by Gasteiger charge is -2.16. The van der Waals surface area contributed by atoms with Crippen molar-refractivity contribution < 1.29 is 4.42 Å². The standard InChI is InChI=1S/C57H36N4O/c1-5-17-37(18-6-1)42-31-43(38-19-7-2-8-20-38)33-44(32-42)57-59-55(40-23-11-4-12-24-40)58-56(60-57)41-29-30-51(47(34-41)39-21-9-3-10-22-39)61-50-27-15-13-25-45(50)48-36-54-49(35-52(48)61)46-26-14-16-28-53(46)62-54/h1-36H. The SMILES string of the molecule is c1ccc(-c2cc(-c3ccccc3)cc(-c3nc(-c4ccccc4)nc(-c4ccc(-n5c6ccccc6c6cc7oc8ccccc8c7cc65)c(-c5ccccc5)c4)n3)c2)cc1. The molecule has 290 valence electrons. The second-order valence-electron chi connectivity index (χ2n) is 15.6. The summed E-state index contributed by atoms with van der Waals surface area (Å²) in [5.74, 6) is 1.81. The fraction of sp³-hybridized carbons (Fsp3) is 0. The van der Waals surface area contributed by atoms with Gasteiger partial charge in [-0.15, -0.1) is 0 Å². The minimum absolute atomic E-state index is 0.595. The van der Waals surface area contributed by atoms with Gasteiger partial charge in [-0.25, -0.2) is 15.0 Å². The van der Waals surface area contributed by atoms with Crippen molar-refractivity contribution in [2.75, 3.05) is 0 Å². The van der Waals surface area contributed by atoms with Crippen LogP contribution in [0.15, 0.2) is 223 Å². The molecule has 0 unspecified atom stereocenters. The molecule has 3 heterocycles. The number of benzene rings is 9. The third kappa shape index (κ3) is 6.14. The van der Waals surface area contributed by atoms with Gasteiger partial charge in [-0.2, -0.15) is 0 Å². The average Bonchev–Trinajstić information content (AvgIpc) is 3.88. The summed E-state index contributed by atoms with van der Waals surface area (Å²) in [6.07, 6.45) is 0. The van der Waals surface area contributed by atoms with E-state index in [1.54, 1.807) is 0 Å². The second-order valence-corrected chi connectivity index (χ2v) is 15.6. The van der Waals surface area contributed by atoms with E-state index in [4.69, 9.17) is 19.4 Å². The quantitative estimate of drug-likeness (QED) is 0.161. The van der Waals surface area contributed by atoms with Crippen LogP contribution in [0.2, 0.25) is 0 Å². The number of furan rings is 1. The van der Waals surface area contributed by atoms with Crippen LogP contribution in [0, 0.1) is 0 Å². The maximum Gasteiger partial charge on any atom is 0.164 e. The molecule has 12 rings (SSSR count). The first-order chi connectivity index (χ1) is 30.7. The fourth-order valence-electron chi connectivity index (χ4n) is 8.87. The van der Waals surface area contributed by atoms with E-state index in [-0.39, 0.29) is 0 Å². The molecule has 5 nitrogen and oxygen atoms in total. The molecule has 9 aromatic carbocycles. The molecule has 0 aliphatic heterocycles. The molecule has 0 spiro atoms. The Bertz CT molecular complexity index is 3560. The van der Waals surface area contributed by atoms with E-state index in [1.165, 1.54) is 0 Å². The number of hydrogen-bond acceptors (Lipinski definition) is 4. The topological polar surface area (TPSA) is 56.7 Å². The summed E-state index contributed by atoms with van der Waals surface area (Å²) >= 11 is 0. The summed E-state index contributed by atoms with van der Waals surface area (Å²) < 4.78 is 8.79. The van der Waals surface area contributed by atoms with Gasteiger partial charge < -0.3 is 8.98 Å². The van der Waals surface area contributed by atoms with Crippen LogP contribution in [-0.4, -0.2) is 19.5 Å². The first-order valence-corrected chi connectivity index (χ1v) is 20.8. The smallest absolute Gasteiger partial charge is 0.164 e. The van der Waals surface area contributed by atoms with Gasteiger partial charge in [0.25, 0.3) is 0 Å². The Morgan fingerprint density at radius 1 is 0.290 bits per heavy atom. The fourth-order valence-corrected chi connectivity index (χ4v) is 8.87. The maximum atomic E-state index is 6.40. The van der Waals surface area contributed by atoms with Crippen LogP contribution in [0.5, 0.6) is 0 Å². The molecular formula is C57H36N4O. The minimum Gasteiger partial charge on any atom is -0.456 e. The Labute approximate surface area is 357 Å². The van der Waals surface area contributed by atoms with Crippen LogP contribution in [-0.2, 0) is 0 Å². The summed E-state index contributed by atoms with van der Waals surface area (Å²) in [6.45, 7) is 0. The van der Waals surface area contributed by atoms with Crippen LogP contribution in [0.1, 0.15) is 0 Å². The van der Waals surface area contributed by atoms with Crippen molar-refractivity contribution in [3.05, 3.63) is 218 Å². The predicted molar refractivity (Wildman–Crippen MR) is 254 cm³/mol. The van der Waals surface area contributed by atoms with Gasteiger partial charge in [-0.1, -0.05) is 158 Å². The molecule has 0 N–H and O–H groups in total. The molecule has 0 saturated carbocycles. The highest BCUT2D eigenvalue weighted by Crippen LogP contribution is 2.41. The Balaban J connectivity index is 1.09. The molecule has 0 aliphatic rings. The van der Waals surface area contributed by atoms with Crippen LogP contribution < -0.4 is 0 Å². The van der Waals surface area contributed by atoms with E-state index in [0.717, 1.165) is 99.5 Å². The molecule has 0 radical (unpaired) electrons. The van der Waals surface area contributed by atoms with Crippen LogP contribution in [0.4, 0.5) is 0 Å². The van der Waals surface area contributed by atoms with E-state index in [9.17, 15) is 0 Å². The van der Waals surface area contributed by atoms with Crippen molar-refractivity contribution >= 4 is 43.7 Å². The molecule has 0 atom stereocenters. The van der Waals surface area contributed by atoms with Crippen LogP contribution >= 0.6 is 0 Å². The molecule has 62 heavy (non-hydrogen) atoms. The van der Waals surface area contributed by atoms with Gasteiger partial charge in [-0.05, 0) is 88.5 Å². The highest BCUT2D eigenvalue weighted by atomic mass is 16.3. The van der Waals surface area contributed by atoms with E-state index in [1.807, 2.05) is 42.5 Å². The lowest BCUT2D eigenvalue weighted by Crippen LogP contribution is -2.02.